The van der Waals surface area contributed by atoms with Crippen LogP contribution in [0.25, 0.3) is 10.8 Å². The van der Waals surface area contributed by atoms with Gasteiger partial charge in [-0.25, -0.2) is 0 Å². The number of nitrogens with two attached hydrogens (primary N) is 1. The molecule has 0 aromatic heterocycles. The summed E-state index contributed by atoms with van der Waals surface area (Å²) in [5, 5.41) is 15.1. The Bertz CT molecular complexity index is 1140. The molecule has 0 aliphatic carbocycles. The van der Waals surface area contributed by atoms with Gasteiger partial charge in [0.1, 0.15) is 5.75 Å². The molecule has 28 heavy (non-hydrogen) atoms. The second kappa shape index (κ2) is 7.66. The Kier molecular flexibility index (Phi) is 4.91. The summed E-state index contributed by atoms with van der Waals surface area (Å²) in [6, 6.07) is 26.0. The van der Waals surface area contributed by atoms with Crippen LogP contribution in [0.2, 0.25) is 0 Å². The summed E-state index contributed by atoms with van der Waals surface area (Å²) in [5.41, 5.74) is 7.38. The van der Waals surface area contributed by atoms with Crippen LogP contribution in [-0.4, -0.2) is 11.0 Å². The van der Waals surface area contributed by atoms with Gasteiger partial charge in [-0.2, -0.15) is 0 Å². The molecule has 4 nitrogen and oxygen atoms in total. The minimum absolute atomic E-state index is 0.0225. The zero-order valence-electron chi connectivity index (χ0n) is 14.9. The van der Waals surface area contributed by atoms with Gasteiger partial charge in [0.15, 0.2) is 0 Å². The summed E-state index contributed by atoms with van der Waals surface area (Å²) in [6.45, 7) is 0. The first kappa shape index (κ1) is 17.9. The lowest BCUT2D eigenvalue weighted by molar-refractivity contribution is 0.102. The van der Waals surface area contributed by atoms with E-state index < -0.39 is 0 Å². The average molecular weight is 386 g/mol. The molecule has 138 valence electrons. The van der Waals surface area contributed by atoms with Crippen LogP contribution >= 0.6 is 11.8 Å². The van der Waals surface area contributed by atoms with E-state index in [1.165, 1.54) is 11.8 Å². The topological polar surface area (TPSA) is 75.4 Å². The molecule has 0 aliphatic rings. The summed E-state index contributed by atoms with van der Waals surface area (Å²) < 4.78 is 0. The lowest BCUT2D eigenvalue weighted by Crippen LogP contribution is -2.12. The van der Waals surface area contributed by atoms with E-state index in [0.717, 1.165) is 15.2 Å². The maximum atomic E-state index is 12.8. The quantitative estimate of drug-likeness (QED) is 0.403. The van der Waals surface area contributed by atoms with E-state index in [1.54, 1.807) is 18.2 Å². The van der Waals surface area contributed by atoms with Crippen LogP contribution in [0, 0.1) is 0 Å². The fraction of sp³-hybridized carbons (Fsp3) is 0. The highest BCUT2D eigenvalue weighted by atomic mass is 32.2. The first-order chi connectivity index (χ1) is 13.6. The number of phenols is 1. The van der Waals surface area contributed by atoms with Crippen LogP contribution in [0.3, 0.4) is 0 Å². The van der Waals surface area contributed by atoms with Gasteiger partial charge in [-0.05, 0) is 47.9 Å². The number of nitrogens with one attached hydrogen (secondary N) is 1. The standard InChI is InChI=1S/C23H18N2O2S/c24-15-10-12-17(13-11-15)28-21-14-20(22(26)19-9-5-4-8-18(19)21)23(27)25-16-6-2-1-3-7-16/h1-14,26H,24H2,(H,25,27). The minimum Gasteiger partial charge on any atom is -0.506 e. The van der Waals surface area contributed by atoms with Crippen molar-refractivity contribution in [1.29, 1.82) is 0 Å². The number of benzene rings is 4. The fourth-order valence-corrected chi connectivity index (χ4v) is 3.96. The number of aromatic hydroxyl groups is 1. The number of fused-ring (bicyclic) bond motifs is 1. The van der Waals surface area contributed by atoms with E-state index in [-0.39, 0.29) is 17.2 Å². The van der Waals surface area contributed by atoms with Crippen molar-refractivity contribution in [3.63, 3.8) is 0 Å². The average Bonchev–Trinajstić information content (AvgIpc) is 2.72. The number of nitrogen functional groups attached to an aromatic ring is 1. The SMILES string of the molecule is Nc1ccc(Sc2cc(C(=O)Nc3ccccc3)c(O)c3ccccc23)cc1. The van der Waals surface area contributed by atoms with Gasteiger partial charge in [-0.15, -0.1) is 0 Å². The van der Waals surface area contributed by atoms with E-state index in [9.17, 15) is 9.90 Å². The smallest absolute Gasteiger partial charge is 0.259 e. The number of hydrogen-bond donors (Lipinski definition) is 3. The van der Waals surface area contributed by atoms with Crippen molar-refractivity contribution in [3.05, 3.63) is 90.5 Å². The van der Waals surface area contributed by atoms with Crippen LogP contribution in [0.4, 0.5) is 11.4 Å². The van der Waals surface area contributed by atoms with Crippen molar-refractivity contribution in [2.24, 2.45) is 0 Å². The van der Waals surface area contributed by atoms with Crippen molar-refractivity contribution in [2.45, 2.75) is 9.79 Å². The van der Waals surface area contributed by atoms with Gasteiger partial charge in [0.2, 0.25) is 0 Å². The molecule has 0 saturated carbocycles. The molecule has 0 saturated heterocycles. The molecule has 0 atom stereocenters. The monoisotopic (exact) mass is 386 g/mol. The Morgan fingerprint density at radius 1 is 0.857 bits per heavy atom. The van der Waals surface area contributed by atoms with Crippen molar-refractivity contribution in [1.82, 2.24) is 0 Å². The summed E-state index contributed by atoms with van der Waals surface area (Å²) in [5.74, 6) is -0.376. The van der Waals surface area contributed by atoms with Crippen LogP contribution < -0.4 is 11.1 Å². The van der Waals surface area contributed by atoms with Crippen LogP contribution in [0.15, 0.2) is 94.7 Å². The van der Waals surface area contributed by atoms with E-state index in [1.807, 2.05) is 66.7 Å². The van der Waals surface area contributed by atoms with Crippen molar-refractivity contribution < 1.29 is 9.90 Å². The van der Waals surface area contributed by atoms with Gasteiger partial charge in [0.05, 0.1) is 5.56 Å². The second-order valence-electron chi connectivity index (χ2n) is 6.31. The van der Waals surface area contributed by atoms with Crippen molar-refractivity contribution >= 4 is 39.8 Å². The first-order valence-corrected chi connectivity index (χ1v) is 9.58. The number of rotatable bonds is 4. The molecule has 0 aliphatic heterocycles. The molecule has 0 radical (unpaired) electrons. The van der Waals surface area contributed by atoms with E-state index >= 15 is 0 Å². The molecule has 4 aromatic carbocycles. The first-order valence-electron chi connectivity index (χ1n) is 8.76. The molecular formula is C23H18N2O2S. The molecule has 0 fully saturated rings. The molecule has 0 unspecified atom stereocenters. The van der Waals surface area contributed by atoms with Gasteiger partial charge >= 0.3 is 0 Å². The maximum Gasteiger partial charge on any atom is 0.259 e. The number of anilines is 2. The number of carbonyl (C=O) groups is 1. The third-order valence-electron chi connectivity index (χ3n) is 4.36. The molecule has 4 aromatic rings. The van der Waals surface area contributed by atoms with Crippen LogP contribution in [0.1, 0.15) is 10.4 Å². The minimum atomic E-state index is -0.353. The molecule has 0 heterocycles. The van der Waals surface area contributed by atoms with E-state index in [4.69, 9.17) is 5.73 Å². The van der Waals surface area contributed by atoms with Gasteiger partial charge in [0.25, 0.3) is 5.91 Å². The highest BCUT2D eigenvalue weighted by Gasteiger charge is 2.18. The Morgan fingerprint density at radius 3 is 2.21 bits per heavy atom. The number of carbonyl (C=O) groups excluding carboxylic acids is 1. The van der Waals surface area contributed by atoms with Gasteiger partial charge in [-0.3, -0.25) is 4.79 Å². The molecule has 4 rings (SSSR count). The van der Waals surface area contributed by atoms with Gasteiger partial charge in [0, 0.05) is 26.6 Å². The number of phenolic OH excluding ortho intramolecular Hbond substituents is 1. The highest BCUT2D eigenvalue weighted by Crippen LogP contribution is 2.39. The van der Waals surface area contributed by atoms with Crippen LogP contribution in [-0.2, 0) is 0 Å². The van der Waals surface area contributed by atoms with Gasteiger partial charge < -0.3 is 16.2 Å². The number of para-hydroxylation sites is 1. The Morgan fingerprint density at radius 2 is 1.50 bits per heavy atom. The van der Waals surface area contributed by atoms with Crippen molar-refractivity contribution in [3.8, 4) is 5.75 Å². The number of amides is 1. The molecule has 0 bridgehead atoms. The fourth-order valence-electron chi connectivity index (χ4n) is 2.97. The van der Waals surface area contributed by atoms with Crippen molar-refractivity contribution in [2.75, 3.05) is 11.1 Å². The van der Waals surface area contributed by atoms with E-state index in [0.29, 0.717) is 16.8 Å². The maximum absolute atomic E-state index is 12.8. The number of hydrogen-bond acceptors (Lipinski definition) is 4. The third-order valence-corrected chi connectivity index (χ3v) is 5.43. The largest absolute Gasteiger partial charge is 0.506 e. The molecule has 0 spiro atoms. The Balaban J connectivity index is 1.77. The molecule has 1 amide bonds. The third kappa shape index (κ3) is 3.66. The van der Waals surface area contributed by atoms with Crippen LogP contribution in [0.5, 0.6) is 5.75 Å². The summed E-state index contributed by atoms with van der Waals surface area (Å²) in [4.78, 5) is 14.7. The summed E-state index contributed by atoms with van der Waals surface area (Å²) >= 11 is 1.53. The second-order valence-corrected chi connectivity index (χ2v) is 7.42. The summed E-state index contributed by atoms with van der Waals surface area (Å²) in [7, 11) is 0. The highest BCUT2D eigenvalue weighted by molar-refractivity contribution is 7.99. The molecular weight excluding hydrogens is 368 g/mol. The normalized spacial score (nSPS) is 10.7. The lowest BCUT2D eigenvalue weighted by Gasteiger charge is -2.13. The van der Waals surface area contributed by atoms with Gasteiger partial charge in [-0.1, -0.05) is 54.2 Å². The lowest BCUT2D eigenvalue weighted by atomic mass is 10.0. The predicted octanol–water partition coefficient (Wildman–Crippen LogP) is 5.53. The molecule has 4 N–H and O–H groups in total. The predicted molar refractivity (Wildman–Crippen MR) is 115 cm³/mol. The van der Waals surface area contributed by atoms with E-state index in [2.05, 4.69) is 5.32 Å². The summed E-state index contributed by atoms with van der Waals surface area (Å²) in [6.07, 6.45) is 0. The molecule has 5 heteroatoms. The zero-order valence-corrected chi connectivity index (χ0v) is 15.7. The zero-order chi connectivity index (χ0) is 19.5. The Hall–Kier alpha value is -3.44. The Labute approximate surface area is 167 Å².